The molecule has 0 N–H and O–H groups in total. The van der Waals surface area contributed by atoms with Crippen LogP contribution in [-0.4, -0.2) is 23.6 Å². The lowest BCUT2D eigenvalue weighted by molar-refractivity contribution is -0.159. The van der Waals surface area contributed by atoms with Gasteiger partial charge in [-0.3, -0.25) is 9.59 Å². The number of ether oxygens (including phenoxy) is 2. The molecule has 1 heterocycles. The summed E-state index contributed by atoms with van der Waals surface area (Å²) in [6.07, 6.45) is 14.1. The lowest BCUT2D eigenvalue weighted by atomic mass is 9.57. The Hall–Kier alpha value is -1.32. The van der Waals surface area contributed by atoms with E-state index in [1.54, 1.807) is 12.5 Å². The molecule has 4 aliphatic carbocycles. The van der Waals surface area contributed by atoms with Gasteiger partial charge in [0.15, 0.2) is 0 Å². The Kier molecular flexibility index (Phi) is 6.79. The minimum absolute atomic E-state index is 0.00463. The molecule has 33 heavy (non-hydrogen) atoms. The molecule has 186 valence electrons. The number of carbonyl (C=O) groups is 2. The third kappa shape index (κ3) is 3.97. The smallest absolute Gasteiger partial charge is 0.306 e. The first kappa shape index (κ1) is 24.8. The second-order valence-electron chi connectivity index (χ2n) is 12.0. The third-order valence-corrected chi connectivity index (χ3v) is 10.6. The summed E-state index contributed by atoms with van der Waals surface area (Å²) in [4.78, 5) is 24.2. The molecule has 0 bridgehead atoms. The van der Waals surface area contributed by atoms with E-state index in [0.717, 1.165) is 50.9 Å². The fourth-order valence-corrected chi connectivity index (χ4v) is 8.58. The van der Waals surface area contributed by atoms with Gasteiger partial charge in [0.2, 0.25) is 0 Å². The number of rotatable bonds is 1. The van der Waals surface area contributed by atoms with E-state index < -0.39 is 0 Å². The molecule has 0 amide bonds. The van der Waals surface area contributed by atoms with Crippen LogP contribution in [-0.2, 0) is 19.1 Å². The summed E-state index contributed by atoms with van der Waals surface area (Å²) in [6, 6.07) is 0. The zero-order chi connectivity index (χ0) is 24.0. The summed E-state index contributed by atoms with van der Waals surface area (Å²) < 4.78 is 12.1. The van der Waals surface area contributed by atoms with E-state index in [1.807, 2.05) is 13.8 Å². The van der Waals surface area contributed by atoms with Gasteiger partial charge in [0.05, 0.1) is 0 Å². The van der Waals surface area contributed by atoms with Gasteiger partial charge in [-0.1, -0.05) is 40.2 Å². The van der Waals surface area contributed by atoms with Crippen LogP contribution in [0, 0.1) is 34.5 Å². The zero-order valence-corrected chi connectivity index (χ0v) is 21.9. The van der Waals surface area contributed by atoms with Crippen LogP contribution >= 0.6 is 0 Å². The molecule has 1 saturated heterocycles. The second-order valence-corrected chi connectivity index (χ2v) is 12.0. The Labute approximate surface area is 201 Å². The molecule has 0 aromatic carbocycles. The van der Waals surface area contributed by atoms with Crippen molar-refractivity contribution < 1.29 is 19.1 Å². The molecule has 1 aliphatic heterocycles. The van der Waals surface area contributed by atoms with Crippen molar-refractivity contribution in [1.82, 2.24) is 0 Å². The highest BCUT2D eigenvalue weighted by atomic mass is 16.6. The van der Waals surface area contributed by atoms with Gasteiger partial charge < -0.3 is 9.47 Å². The van der Waals surface area contributed by atoms with E-state index in [-0.39, 0.29) is 34.5 Å². The molecule has 5 aliphatic rings. The van der Waals surface area contributed by atoms with Crippen molar-refractivity contribution in [2.75, 3.05) is 0 Å². The standard InChI is InChI=1S/C27H40O4.C2H6/c1-17-5-6-19-16-23(30-18(2)28)21-15-20-8-13-27(14-10-24(29)31-27)26(20,4)12-9-22(21)25(19,3)11-7-17;1-2/h16-17,20-23H,5-15H2,1-4H3;1-2H3/t17?,20?,21?,22?,23-,25?,26?,27?;/m0./s1. The molecule has 8 atom stereocenters. The first-order valence-corrected chi connectivity index (χ1v) is 13.8. The summed E-state index contributed by atoms with van der Waals surface area (Å²) in [7, 11) is 0. The number of carbonyl (C=O) groups excluding carboxylic acids is 2. The fraction of sp³-hybridized carbons (Fsp3) is 0.862. The Morgan fingerprint density at radius 3 is 2.45 bits per heavy atom. The largest absolute Gasteiger partial charge is 0.458 e. The topological polar surface area (TPSA) is 52.6 Å². The minimum atomic E-state index is -0.256. The molecule has 3 saturated carbocycles. The monoisotopic (exact) mass is 458 g/mol. The van der Waals surface area contributed by atoms with Gasteiger partial charge in [-0.2, -0.15) is 0 Å². The summed E-state index contributed by atoms with van der Waals surface area (Å²) >= 11 is 0. The van der Waals surface area contributed by atoms with E-state index >= 15 is 0 Å². The molecule has 7 unspecified atom stereocenters. The van der Waals surface area contributed by atoms with Crippen LogP contribution in [0.4, 0.5) is 0 Å². The van der Waals surface area contributed by atoms with Crippen molar-refractivity contribution >= 4 is 11.9 Å². The van der Waals surface area contributed by atoms with Crippen molar-refractivity contribution in [1.29, 1.82) is 0 Å². The molecule has 5 rings (SSSR count). The fourth-order valence-electron chi connectivity index (χ4n) is 8.58. The van der Waals surface area contributed by atoms with Crippen LogP contribution in [0.25, 0.3) is 0 Å². The average Bonchev–Trinajstić information content (AvgIpc) is 3.17. The van der Waals surface area contributed by atoms with E-state index in [4.69, 9.17) is 9.47 Å². The normalized spacial score (nSPS) is 46.4. The maximum absolute atomic E-state index is 12.2. The number of hydrogen-bond acceptors (Lipinski definition) is 4. The second kappa shape index (κ2) is 9.04. The van der Waals surface area contributed by atoms with E-state index in [1.165, 1.54) is 19.3 Å². The highest BCUT2D eigenvalue weighted by Crippen LogP contribution is 2.66. The Morgan fingerprint density at radius 1 is 1.03 bits per heavy atom. The molecule has 0 aromatic heterocycles. The Balaban J connectivity index is 0.00000126. The summed E-state index contributed by atoms with van der Waals surface area (Å²) in [6.45, 7) is 12.9. The number of esters is 2. The Bertz CT molecular complexity index is 801. The van der Waals surface area contributed by atoms with Gasteiger partial charge >= 0.3 is 11.9 Å². The van der Waals surface area contributed by atoms with Crippen molar-refractivity contribution in [3.63, 3.8) is 0 Å². The van der Waals surface area contributed by atoms with Crippen molar-refractivity contribution in [2.24, 2.45) is 34.5 Å². The molecule has 4 fully saturated rings. The minimum Gasteiger partial charge on any atom is -0.458 e. The van der Waals surface area contributed by atoms with E-state index in [2.05, 4.69) is 26.8 Å². The van der Waals surface area contributed by atoms with Crippen molar-refractivity contribution in [2.45, 2.75) is 124 Å². The van der Waals surface area contributed by atoms with Gasteiger partial charge in [-0.15, -0.1) is 0 Å². The number of hydrogen-bond donors (Lipinski definition) is 0. The molecular weight excluding hydrogens is 412 g/mol. The molecule has 1 spiro atoms. The van der Waals surface area contributed by atoms with Crippen LogP contribution in [0.1, 0.15) is 112 Å². The summed E-state index contributed by atoms with van der Waals surface area (Å²) in [5.74, 6) is 2.05. The SMILES string of the molecule is CC.CC(=O)O[C@H]1C=C2CCC(C)CCC2(C)C2CCC3(C)C(CCC34CCC(=O)O4)CC21. The zero-order valence-electron chi connectivity index (χ0n) is 21.9. The molecular formula is C29H46O4. The molecule has 0 radical (unpaired) electrons. The maximum Gasteiger partial charge on any atom is 0.306 e. The van der Waals surface area contributed by atoms with Crippen LogP contribution < -0.4 is 0 Å². The Morgan fingerprint density at radius 2 is 1.79 bits per heavy atom. The lowest BCUT2D eigenvalue weighted by Crippen LogP contribution is -2.45. The molecule has 4 nitrogen and oxygen atoms in total. The van der Waals surface area contributed by atoms with Gasteiger partial charge in [0, 0.05) is 24.7 Å². The van der Waals surface area contributed by atoms with Gasteiger partial charge in [0.1, 0.15) is 11.7 Å². The average molecular weight is 459 g/mol. The van der Waals surface area contributed by atoms with Crippen molar-refractivity contribution in [3.8, 4) is 0 Å². The lowest BCUT2D eigenvalue weighted by Gasteiger charge is -2.49. The predicted molar refractivity (Wildman–Crippen MR) is 130 cm³/mol. The molecule has 0 aromatic rings. The van der Waals surface area contributed by atoms with Crippen LogP contribution in [0.2, 0.25) is 0 Å². The van der Waals surface area contributed by atoms with Crippen LogP contribution in [0.5, 0.6) is 0 Å². The van der Waals surface area contributed by atoms with Crippen LogP contribution in [0.15, 0.2) is 11.6 Å². The first-order valence-electron chi connectivity index (χ1n) is 13.8. The number of allylic oxidation sites excluding steroid dienone is 1. The first-order chi connectivity index (χ1) is 15.7. The summed E-state index contributed by atoms with van der Waals surface area (Å²) in [5.41, 5.74) is 1.55. The van der Waals surface area contributed by atoms with Crippen LogP contribution in [0.3, 0.4) is 0 Å². The molecule has 4 heteroatoms. The maximum atomic E-state index is 12.2. The summed E-state index contributed by atoms with van der Waals surface area (Å²) in [5, 5.41) is 0. The highest BCUT2D eigenvalue weighted by molar-refractivity contribution is 5.72. The van der Waals surface area contributed by atoms with E-state index in [0.29, 0.717) is 24.2 Å². The quantitative estimate of drug-likeness (QED) is 0.313. The van der Waals surface area contributed by atoms with Gasteiger partial charge in [0.25, 0.3) is 0 Å². The van der Waals surface area contributed by atoms with Gasteiger partial charge in [-0.05, 0) is 93.5 Å². The predicted octanol–water partition coefficient (Wildman–Crippen LogP) is 7.01. The third-order valence-electron chi connectivity index (χ3n) is 10.6. The van der Waals surface area contributed by atoms with Crippen molar-refractivity contribution in [3.05, 3.63) is 11.6 Å². The van der Waals surface area contributed by atoms with E-state index in [9.17, 15) is 9.59 Å². The van der Waals surface area contributed by atoms with Gasteiger partial charge in [-0.25, -0.2) is 0 Å². The number of fused-ring (bicyclic) bond motifs is 5. The highest BCUT2D eigenvalue weighted by Gasteiger charge is 2.64.